The van der Waals surface area contributed by atoms with Crippen molar-refractivity contribution in [2.45, 2.75) is 12.4 Å². The van der Waals surface area contributed by atoms with E-state index in [0.29, 0.717) is 23.5 Å². The third-order valence-corrected chi connectivity index (χ3v) is 4.36. The number of aromatic nitrogens is 3. The number of pyridine rings is 1. The SMILES string of the molecule is FC(F)(F)c1cc(-n2cc[n+](-c3ccc4ccccc4n3)c2)cc(C(F)(F)F)c1.[Cl-]. The maximum atomic E-state index is 13.1. The van der Waals surface area contributed by atoms with Crippen molar-refractivity contribution in [3.8, 4) is 11.5 Å². The van der Waals surface area contributed by atoms with E-state index in [1.807, 2.05) is 24.3 Å². The maximum absolute atomic E-state index is 13.1. The molecule has 10 heteroatoms. The van der Waals surface area contributed by atoms with Crippen molar-refractivity contribution in [2.24, 2.45) is 0 Å². The van der Waals surface area contributed by atoms with Crippen LogP contribution in [0, 0.1) is 0 Å². The van der Waals surface area contributed by atoms with Crippen LogP contribution in [0.15, 0.2) is 73.3 Å². The molecule has 4 aromatic rings. The largest absolute Gasteiger partial charge is 1.00 e. The van der Waals surface area contributed by atoms with Crippen LogP contribution in [0.3, 0.4) is 0 Å². The van der Waals surface area contributed by atoms with Gasteiger partial charge in [0.05, 0.1) is 17.3 Å². The molecule has 3 nitrogen and oxygen atoms in total. The van der Waals surface area contributed by atoms with E-state index in [9.17, 15) is 26.3 Å². The zero-order valence-corrected chi connectivity index (χ0v) is 15.7. The van der Waals surface area contributed by atoms with Crippen LogP contribution in [0.1, 0.15) is 11.1 Å². The molecule has 0 radical (unpaired) electrons. The van der Waals surface area contributed by atoms with Gasteiger partial charge in [-0.3, -0.25) is 0 Å². The fraction of sp³-hybridized carbons (Fsp3) is 0.100. The first-order valence-corrected chi connectivity index (χ1v) is 8.36. The molecule has 0 spiro atoms. The normalized spacial score (nSPS) is 12.1. The predicted octanol–water partition coefficient (Wildman–Crippen LogP) is 2.34. The lowest BCUT2D eigenvalue weighted by Crippen LogP contribution is -3.00. The number of hydrogen-bond acceptors (Lipinski definition) is 1. The van der Waals surface area contributed by atoms with Crippen LogP contribution < -0.4 is 17.0 Å². The minimum atomic E-state index is -4.90. The highest BCUT2D eigenvalue weighted by atomic mass is 35.5. The molecule has 0 unspecified atom stereocenters. The topological polar surface area (TPSA) is 21.7 Å². The van der Waals surface area contributed by atoms with Gasteiger partial charge in [-0.1, -0.05) is 18.2 Å². The Morgan fingerprint density at radius 3 is 2.07 bits per heavy atom. The number of halogens is 7. The number of rotatable bonds is 2. The molecule has 0 fully saturated rings. The molecule has 0 aliphatic carbocycles. The van der Waals surface area contributed by atoms with Crippen molar-refractivity contribution in [1.29, 1.82) is 0 Å². The van der Waals surface area contributed by atoms with Gasteiger partial charge < -0.3 is 12.4 Å². The summed E-state index contributed by atoms with van der Waals surface area (Å²) in [7, 11) is 0. The predicted molar refractivity (Wildman–Crippen MR) is 92.6 cm³/mol. The summed E-state index contributed by atoms with van der Waals surface area (Å²) in [5, 5.41) is 0.906. The second-order valence-corrected chi connectivity index (χ2v) is 6.35. The summed E-state index contributed by atoms with van der Waals surface area (Å²) < 4.78 is 81.2. The number of fused-ring (bicyclic) bond motifs is 1. The minimum Gasteiger partial charge on any atom is -1.00 e. The fourth-order valence-electron chi connectivity index (χ4n) is 2.93. The van der Waals surface area contributed by atoms with Crippen LogP contribution in [0.2, 0.25) is 0 Å². The molecular formula is C20H12ClF6N3. The molecule has 0 saturated heterocycles. The number of alkyl halides is 6. The van der Waals surface area contributed by atoms with Gasteiger partial charge in [0.1, 0.15) is 17.4 Å². The zero-order chi connectivity index (χ0) is 20.8. The lowest BCUT2D eigenvalue weighted by atomic mass is 10.1. The van der Waals surface area contributed by atoms with E-state index in [1.54, 1.807) is 12.1 Å². The van der Waals surface area contributed by atoms with Gasteiger partial charge in [-0.25, -0.2) is 9.13 Å². The number of hydrogen-bond donors (Lipinski definition) is 0. The smallest absolute Gasteiger partial charge is 0.416 e. The van der Waals surface area contributed by atoms with Gasteiger partial charge in [-0.15, -0.1) is 4.98 Å². The van der Waals surface area contributed by atoms with Gasteiger partial charge in [0, 0.05) is 11.5 Å². The molecule has 4 rings (SSSR count). The number of imidazole rings is 1. The van der Waals surface area contributed by atoms with E-state index in [2.05, 4.69) is 4.98 Å². The Balaban J connectivity index is 0.00000256. The van der Waals surface area contributed by atoms with E-state index in [0.717, 1.165) is 5.39 Å². The van der Waals surface area contributed by atoms with E-state index >= 15 is 0 Å². The molecule has 0 N–H and O–H groups in total. The second kappa shape index (κ2) is 7.64. The molecule has 0 saturated carbocycles. The summed E-state index contributed by atoms with van der Waals surface area (Å²) >= 11 is 0. The number of benzene rings is 2. The molecule has 0 aliphatic heterocycles. The Kier molecular flexibility index (Phi) is 5.51. The standard InChI is InChI=1S/C20H12F6N3.ClH/c21-19(22,23)14-9-15(20(24,25)26)11-16(10-14)28-7-8-29(12-28)18-6-5-13-3-1-2-4-17(13)27-18;/h1-12H;1H/q+1;/p-1. The van der Waals surface area contributed by atoms with E-state index < -0.39 is 23.5 Å². The lowest BCUT2D eigenvalue weighted by molar-refractivity contribution is -0.598. The van der Waals surface area contributed by atoms with Crippen molar-refractivity contribution in [3.05, 3.63) is 84.4 Å². The van der Waals surface area contributed by atoms with E-state index in [1.165, 1.54) is 27.9 Å². The fourth-order valence-corrected chi connectivity index (χ4v) is 2.93. The average Bonchev–Trinajstić information content (AvgIpc) is 3.16. The second-order valence-electron chi connectivity index (χ2n) is 6.35. The highest BCUT2D eigenvalue weighted by Gasteiger charge is 2.37. The van der Waals surface area contributed by atoms with Crippen molar-refractivity contribution >= 4 is 10.9 Å². The minimum absolute atomic E-state index is 0. The summed E-state index contributed by atoms with van der Waals surface area (Å²) in [5.41, 5.74) is -2.28. The quantitative estimate of drug-likeness (QED) is 0.344. The summed E-state index contributed by atoms with van der Waals surface area (Å²) in [6, 6.07) is 12.3. The van der Waals surface area contributed by atoms with Crippen LogP contribution in [-0.4, -0.2) is 9.55 Å². The monoisotopic (exact) mass is 443 g/mol. The molecular weight excluding hydrogens is 432 g/mol. The molecule has 2 aromatic carbocycles. The van der Waals surface area contributed by atoms with Gasteiger partial charge in [0.2, 0.25) is 0 Å². The number of para-hydroxylation sites is 1. The highest BCUT2D eigenvalue weighted by Crippen LogP contribution is 2.37. The molecule has 2 aromatic heterocycles. The average molecular weight is 444 g/mol. The summed E-state index contributed by atoms with van der Waals surface area (Å²) in [6.07, 6.45) is -5.57. The molecule has 30 heavy (non-hydrogen) atoms. The maximum Gasteiger partial charge on any atom is 0.416 e. The Hall–Kier alpha value is -3.07. The Labute approximate surface area is 172 Å². The molecule has 0 aliphatic rings. The molecule has 2 heterocycles. The van der Waals surface area contributed by atoms with Gasteiger partial charge in [-0.05, 0) is 30.3 Å². The zero-order valence-electron chi connectivity index (χ0n) is 14.9. The summed E-state index contributed by atoms with van der Waals surface area (Å²) in [4.78, 5) is 4.46. The van der Waals surface area contributed by atoms with Crippen LogP contribution in [0.4, 0.5) is 26.3 Å². The third kappa shape index (κ3) is 4.25. The van der Waals surface area contributed by atoms with Crippen LogP contribution in [0.25, 0.3) is 22.4 Å². The number of nitrogens with zero attached hydrogens (tertiary/aromatic N) is 3. The van der Waals surface area contributed by atoms with Crippen LogP contribution >= 0.6 is 0 Å². The molecule has 156 valence electrons. The molecule has 0 bridgehead atoms. The van der Waals surface area contributed by atoms with Crippen molar-refractivity contribution in [2.75, 3.05) is 0 Å². The molecule has 0 amide bonds. The Morgan fingerprint density at radius 2 is 1.43 bits per heavy atom. The first-order chi connectivity index (χ1) is 13.6. The van der Waals surface area contributed by atoms with Crippen LogP contribution in [-0.2, 0) is 12.4 Å². The van der Waals surface area contributed by atoms with Gasteiger partial charge >= 0.3 is 12.4 Å². The van der Waals surface area contributed by atoms with Crippen LogP contribution in [0.5, 0.6) is 0 Å². The lowest BCUT2D eigenvalue weighted by Gasteiger charge is -2.13. The first kappa shape index (κ1) is 21.6. The summed E-state index contributed by atoms with van der Waals surface area (Å²) in [6.45, 7) is 0. The van der Waals surface area contributed by atoms with Crippen molar-refractivity contribution in [3.63, 3.8) is 0 Å². The van der Waals surface area contributed by atoms with Gasteiger partial charge in [0.15, 0.2) is 6.33 Å². The van der Waals surface area contributed by atoms with Crippen molar-refractivity contribution < 1.29 is 43.3 Å². The van der Waals surface area contributed by atoms with Gasteiger partial charge in [0.25, 0.3) is 5.82 Å². The molecule has 0 atom stereocenters. The Morgan fingerprint density at radius 1 is 0.800 bits per heavy atom. The third-order valence-electron chi connectivity index (χ3n) is 4.36. The van der Waals surface area contributed by atoms with Gasteiger partial charge in [-0.2, -0.15) is 26.3 Å². The summed E-state index contributed by atoms with van der Waals surface area (Å²) in [5.74, 6) is 0.477. The van der Waals surface area contributed by atoms with E-state index in [4.69, 9.17) is 0 Å². The highest BCUT2D eigenvalue weighted by molar-refractivity contribution is 5.78. The Bertz CT molecular complexity index is 1160. The van der Waals surface area contributed by atoms with E-state index in [-0.39, 0.29) is 24.2 Å². The first-order valence-electron chi connectivity index (χ1n) is 8.36. The van der Waals surface area contributed by atoms with Crippen molar-refractivity contribution in [1.82, 2.24) is 9.55 Å².